The van der Waals surface area contributed by atoms with Crippen molar-refractivity contribution in [2.24, 2.45) is 5.73 Å². The van der Waals surface area contributed by atoms with E-state index in [-0.39, 0.29) is 6.04 Å². The van der Waals surface area contributed by atoms with E-state index in [0.29, 0.717) is 0 Å². The molecule has 0 saturated heterocycles. The van der Waals surface area contributed by atoms with E-state index in [0.717, 1.165) is 34.7 Å². The number of aryl methyl sites for hydroxylation is 3. The number of benzene rings is 1. The topological polar surface area (TPSA) is 57.0 Å². The Morgan fingerprint density at radius 3 is 2.80 bits per heavy atom. The third-order valence-electron chi connectivity index (χ3n) is 3.55. The number of fused-ring (bicyclic) bond motifs is 1. The molecule has 0 saturated carbocycles. The maximum atomic E-state index is 6.35. The van der Waals surface area contributed by atoms with E-state index >= 15 is 0 Å². The molecule has 0 spiro atoms. The van der Waals surface area contributed by atoms with E-state index in [9.17, 15) is 0 Å². The first-order valence-corrected chi connectivity index (χ1v) is 6.88. The zero-order valence-electron chi connectivity index (χ0n) is 12.1. The second kappa shape index (κ2) is 4.80. The van der Waals surface area contributed by atoms with Crippen molar-refractivity contribution < 1.29 is 4.42 Å². The van der Waals surface area contributed by atoms with Gasteiger partial charge in [0.05, 0.1) is 11.4 Å². The molecule has 0 aliphatic heterocycles. The first-order valence-electron chi connectivity index (χ1n) is 6.88. The summed E-state index contributed by atoms with van der Waals surface area (Å²) in [6, 6.07) is 9.90. The van der Waals surface area contributed by atoms with Gasteiger partial charge in [0.15, 0.2) is 0 Å². The molecule has 4 nitrogen and oxygen atoms in total. The molecular weight excluding hydrogens is 250 g/mol. The molecule has 1 aromatic carbocycles. The highest BCUT2D eigenvalue weighted by Gasteiger charge is 2.18. The number of rotatable bonds is 3. The van der Waals surface area contributed by atoms with Crippen molar-refractivity contribution in [2.45, 2.75) is 33.4 Å². The Morgan fingerprint density at radius 2 is 2.05 bits per heavy atom. The molecular formula is C16H19N3O. The zero-order valence-corrected chi connectivity index (χ0v) is 12.1. The van der Waals surface area contributed by atoms with Crippen LogP contribution in [0.25, 0.3) is 11.0 Å². The average molecular weight is 269 g/mol. The normalized spacial score (nSPS) is 13.0. The largest absolute Gasteiger partial charge is 0.459 e. The van der Waals surface area contributed by atoms with E-state index in [1.807, 2.05) is 35.9 Å². The number of nitrogens with two attached hydrogens (primary N) is 1. The van der Waals surface area contributed by atoms with Crippen molar-refractivity contribution in [3.63, 3.8) is 0 Å². The Hall–Kier alpha value is -2.07. The average Bonchev–Trinajstić information content (AvgIpc) is 3.00. The van der Waals surface area contributed by atoms with Crippen LogP contribution in [0, 0.1) is 13.8 Å². The molecule has 0 aliphatic carbocycles. The van der Waals surface area contributed by atoms with Crippen LogP contribution in [0.4, 0.5) is 0 Å². The van der Waals surface area contributed by atoms with Crippen molar-refractivity contribution in [2.75, 3.05) is 0 Å². The number of hydrogen-bond donors (Lipinski definition) is 1. The van der Waals surface area contributed by atoms with Crippen LogP contribution >= 0.6 is 0 Å². The minimum atomic E-state index is -0.288. The quantitative estimate of drug-likeness (QED) is 0.793. The highest BCUT2D eigenvalue weighted by Crippen LogP contribution is 2.27. The highest BCUT2D eigenvalue weighted by atomic mass is 16.3. The van der Waals surface area contributed by atoms with Gasteiger partial charge in [0.1, 0.15) is 17.4 Å². The van der Waals surface area contributed by atoms with E-state index in [1.54, 1.807) is 0 Å². The molecule has 0 radical (unpaired) electrons. The lowest BCUT2D eigenvalue weighted by Gasteiger charge is -2.10. The molecule has 2 N–H and O–H groups in total. The Kier molecular flexibility index (Phi) is 3.10. The molecule has 2 aromatic heterocycles. The fourth-order valence-electron chi connectivity index (χ4n) is 2.55. The molecule has 4 heteroatoms. The number of furan rings is 1. The maximum absolute atomic E-state index is 6.35. The lowest BCUT2D eigenvalue weighted by atomic mass is 10.1. The summed E-state index contributed by atoms with van der Waals surface area (Å²) in [5, 5.41) is 5.53. The second-order valence-corrected chi connectivity index (χ2v) is 5.19. The monoisotopic (exact) mass is 269 g/mol. The van der Waals surface area contributed by atoms with Crippen LogP contribution in [0.15, 0.2) is 34.7 Å². The molecule has 20 heavy (non-hydrogen) atoms. The van der Waals surface area contributed by atoms with Crippen LogP contribution in [0.3, 0.4) is 0 Å². The molecule has 1 atom stereocenters. The van der Waals surface area contributed by atoms with Gasteiger partial charge in [-0.25, -0.2) is 0 Å². The van der Waals surface area contributed by atoms with Crippen LogP contribution in [-0.2, 0) is 6.54 Å². The second-order valence-electron chi connectivity index (χ2n) is 5.19. The minimum absolute atomic E-state index is 0.288. The van der Waals surface area contributed by atoms with Crippen LogP contribution in [0.5, 0.6) is 0 Å². The van der Waals surface area contributed by atoms with E-state index in [2.05, 4.69) is 25.0 Å². The zero-order chi connectivity index (χ0) is 14.3. The molecule has 104 valence electrons. The third kappa shape index (κ3) is 2.12. The SMILES string of the molecule is CCn1nc(C)cc1C(N)c1cc2cc(C)ccc2o1. The molecule has 3 rings (SSSR count). The summed E-state index contributed by atoms with van der Waals surface area (Å²) in [7, 11) is 0. The molecule has 3 aromatic rings. The van der Waals surface area contributed by atoms with Gasteiger partial charge in [0, 0.05) is 11.9 Å². The fourth-order valence-corrected chi connectivity index (χ4v) is 2.55. The standard InChI is InChI=1S/C16H19N3O/c1-4-19-13(8-11(3)18-19)16(17)15-9-12-7-10(2)5-6-14(12)20-15/h5-9,16H,4,17H2,1-3H3. The van der Waals surface area contributed by atoms with Gasteiger partial charge in [0.2, 0.25) is 0 Å². The van der Waals surface area contributed by atoms with Gasteiger partial charge in [-0.05, 0) is 45.0 Å². The summed E-state index contributed by atoms with van der Waals surface area (Å²) in [5.41, 5.74) is 10.4. The van der Waals surface area contributed by atoms with Gasteiger partial charge in [0.25, 0.3) is 0 Å². The van der Waals surface area contributed by atoms with Gasteiger partial charge in [-0.15, -0.1) is 0 Å². The van der Waals surface area contributed by atoms with Gasteiger partial charge >= 0.3 is 0 Å². The Balaban J connectivity index is 2.05. The van der Waals surface area contributed by atoms with Crippen LogP contribution < -0.4 is 5.73 Å². The Labute approximate surface area is 118 Å². The first kappa shape index (κ1) is 12.9. The predicted molar refractivity (Wildman–Crippen MR) is 79.6 cm³/mol. The molecule has 0 bridgehead atoms. The molecule has 0 fully saturated rings. The van der Waals surface area contributed by atoms with Gasteiger partial charge < -0.3 is 10.2 Å². The van der Waals surface area contributed by atoms with Crippen molar-refractivity contribution in [3.8, 4) is 0 Å². The van der Waals surface area contributed by atoms with E-state index in [1.165, 1.54) is 5.56 Å². The van der Waals surface area contributed by atoms with Crippen molar-refractivity contribution >= 4 is 11.0 Å². The summed E-state index contributed by atoms with van der Waals surface area (Å²) in [6.07, 6.45) is 0. The molecule has 0 amide bonds. The lowest BCUT2D eigenvalue weighted by Crippen LogP contribution is -2.16. The molecule has 1 unspecified atom stereocenters. The smallest absolute Gasteiger partial charge is 0.134 e. The van der Waals surface area contributed by atoms with Crippen molar-refractivity contribution in [3.05, 3.63) is 53.0 Å². The summed E-state index contributed by atoms with van der Waals surface area (Å²) < 4.78 is 7.81. The van der Waals surface area contributed by atoms with Crippen LogP contribution in [-0.4, -0.2) is 9.78 Å². The minimum Gasteiger partial charge on any atom is -0.459 e. The lowest BCUT2D eigenvalue weighted by molar-refractivity contribution is 0.500. The fraction of sp³-hybridized carbons (Fsp3) is 0.312. The Bertz CT molecular complexity index is 754. The van der Waals surface area contributed by atoms with Gasteiger partial charge in [-0.2, -0.15) is 5.10 Å². The van der Waals surface area contributed by atoms with E-state index in [4.69, 9.17) is 10.2 Å². The van der Waals surface area contributed by atoms with Crippen LogP contribution in [0.1, 0.15) is 35.7 Å². The van der Waals surface area contributed by atoms with Gasteiger partial charge in [-0.3, -0.25) is 4.68 Å². The first-order chi connectivity index (χ1) is 9.58. The molecule has 2 heterocycles. The van der Waals surface area contributed by atoms with Crippen molar-refractivity contribution in [1.82, 2.24) is 9.78 Å². The summed E-state index contributed by atoms with van der Waals surface area (Å²) in [5.74, 6) is 0.778. The Morgan fingerprint density at radius 1 is 1.25 bits per heavy atom. The molecule has 0 aliphatic rings. The number of nitrogens with zero attached hydrogens (tertiary/aromatic N) is 2. The van der Waals surface area contributed by atoms with Crippen LogP contribution in [0.2, 0.25) is 0 Å². The number of hydrogen-bond acceptors (Lipinski definition) is 3. The van der Waals surface area contributed by atoms with E-state index < -0.39 is 0 Å². The summed E-state index contributed by atoms with van der Waals surface area (Å²) >= 11 is 0. The summed E-state index contributed by atoms with van der Waals surface area (Å²) in [6.45, 7) is 6.91. The maximum Gasteiger partial charge on any atom is 0.134 e. The van der Waals surface area contributed by atoms with Crippen molar-refractivity contribution in [1.29, 1.82) is 0 Å². The van der Waals surface area contributed by atoms with Gasteiger partial charge in [-0.1, -0.05) is 11.6 Å². The summed E-state index contributed by atoms with van der Waals surface area (Å²) in [4.78, 5) is 0. The predicted octanol–water partition coefficient (Wildman–Crippen LogP) is 3.31. The third-order valence-corrected chi connectivity index (χ3v) is 3.55. The number of aromatic nitrogens is 2. The highest BCUT2D eigenvalue weighted by molar-refractivity contribution is 5.78.